The predicted octanol–water partition coefficient (Wildman–Crippen LogP) is 2.22. The third kappa shape index (κ3) is 8.04. The van der Waals surface area contributed by atoms with Crippen molar-refractivity contribution in [3.8, 4) is 11.6 Å². The lowest BCUT2D eigenvalue weighted by atomic mass is 9.91. The van der Waals surface area contributed by atoms with E-state index in [0.717, 1.165) is 5.39 Å². The second-order valence-electron chi connectivity index (χ2n) is 14.6. The second-order valence-corrected chi connectivity index (χ2v) is 16.6. The lowest BCUT2D eigenvalue weighted by molar-refractivity contribution is -0.145. The molecule has 5 rings (SSSR count). The molecule has 0 spiro atoms. The Morgan fingerprint density at radius 3 is 2.48 bits per heavy atom. The summed E-state index contributed by atoms with van der Waals surface area (Å²) in [6.07, 6.45) is 2.83. The Morgan fingerprint density at radius 2 is 1.88 bits per heavy atom. The van der Waals surface area contributed by atoms with Crippen molar-refractivity contribution in [2.45, 2.75) is 94.9 Å². The van der Waals surface area contributed by atoms with Crippen LogP contribution in [0.3, 0.4) is 0 Å². The quantitative estimate of drug-likeness (QED) is 0.246. The van der Waals surface area contributed by atoms with Crippen molar-refractivity contribution in [1.82, 2.24) is 25.2 Å². The first kappa shape index (κ1) is 37.0. The van der Waals surface area contributed by atoms with Gasteiger partial charge < -0.3 is 29.7 Å². The van der Waals surface area contributed by atoms with Gasteiger partial charge in [0.05, 0.1) is 25.0 Å². The van der Waals surface area contributed by atoms with Crippen LogP contribution in [-0.4, -0.2) is 97.8 Å². The Balaban J connectivity index is 1.44. The van der Waals surface area contributed by atoms with Gasteiger partial charge in [-0.25, -0.2) is 13.4 Å². The number of ether oxygens (including phenoxy) is 3. The van der Waals surface area contributed by atoms with Crippen LogP contribution in [0.15, 0.2) is 43.1 Å². The molecule has 2 aliphatic carbocycles. The maximum atomic E-state index is 14.3. The van der Waals surface area contributed by atoms with Crippen molar-refractivity contribution >= 4 is 44.4 Å². The first-order chi connectivity index (χ1) is 23.5. The molecule has 4 amide bonds. The fourth-order valence-electron chi connectivity index (χ4n) is 6.30. The van der Waals surface area contributed by atoms with Gasteiger partial charge in [0.1, 0.15) is 29.5 Å². The number of sulfonamides is 1. The highest BCUT2D eigenvalue weighted by Gasteiger charge is 2.62. The van der Waals surface area contributed by atoms with Gasteiger partial charge in [0.2, 0.25) is 33.6 Å². The van der Waals surface area contributed by atoms with Gasteiger partial charge in [-0.1, -0.05) is 26.8 Å². The van der Waals surface area contributed by atoms with Crippen LogP contribution in [0.25, 0.3) is 10.8 Å². The molecule has 6 atom stereocenters. The lowest BCUT2D eigenvalue weighted by Crippen LogP contribution is -2.60. The Bertz CT molecular complexity index is 1770. The van der Waals surface area contributed by atoms with E-state index in [1.54, 1.807) is 32.4 Å². The molecule has 1 aromatic heterocycles. The standard InChI is InChI=1S/C35H47N5O9S/c1-8-22-17-35(22,33(44)39-50(45,46)25-10-11-25)38-30(42)27-16-24(49-31-26-12-9-23(48-7)15-21(26)13-14-36-31)19-40(27)32(43)29(20(2)47-6)37-28(41)18-34(3,4)5/h8-9,12-15,20,22,24-25,27,29H,1,10-11,16-19H2,2-7H3,(H,37,41)(H,38,42)(H,39,44)/t20-,22+,24+,27-,29-,35+/m0/s1. The second kappa shape index (κ2) is 14.2. The molecule has 3 N–H and O–H groups in total. The Morgan fingerprint density at radius 1 is 1.16 bits per heavy atom. The van der Waals surface area contributed by atoms with Crippen LogP contribution in [0.2, 0.25) is 0 Å². The topological polar surface area (TPSA) is 182 Å². The van der Waals surface area contributed by atoms with Crippen molar-refractivity contribution in [3.05, 3.63) is 43.1 Å². The van der Waals surface area contributed by atoms with Gasteiger partial charge >= 0.3 is 0 Å². The number of fused-ring (bicyclic) bond motifs is 1. The normalized spacial score (nSPS) is 24.5. The van der Waals surface area contributed by atoms with E-state index < -0.39 is 68.7 Å². The minimum Gasteiger partial charge on any atom is -0.497 e. The average molecular weight is 714 g/mol. The van der Waals surface area contributed by atoms with Crippen LogP contribution in [0.5, 0.6) is 11.6 Å². The molecule has 2 saturated carbocycles. The zero-order valence-corrected chi connectivity index (χ0v) is 30.2. The van der Waals surface area contributed by atoms with E-state index >= 15 is 0 Å². The molecule has 15 heteroatoms. The van der Waals surface area contributed by atoms with Crippen molar-refractivity contribution in [1.29, 1.82) is 0 Å². The van der Waals surface area contributed by atoms with E-state index in [1.807, 2.05) is 32.9 Å². The summed E-state index contributed by atoms with van der Waals surface area (Å²) in [5.74, 6) is -2.03. The SMILES string of the molecule is C=C[C@@H]1C[C@]1(NC(=O)[C@@H]1C[C@@H](Oc2nccc3cc(OC)ccc23)CN1C(=O)[C@@H](NC(=O)CC(C)(C)C)[C@H](C)OC)C(=O)NS(=O)(=O)C1CC1. The van der Waals surface area contributed by atoms with E-state index in [4.69, 9.17) is 14.2 Å². The smallest absolute Gasteiger partial charge is 0.259 e. The van der Waals surface area contributed by atoms with Gasteiger partial charge in [0.25, 0.3) is 5.91 Å². The van der Waals surface area contributed by atoms with Gasteiger partial charge in [0, 0.05) is 37.5 Å². The number of methoxy groups -OCH3 is 2. The third-order valence-electron chi connectivity index (χ3n) is 9.43. The van der Waals surface area contributed by atoms with Crippen LogP contribution in [-0.2, 0) is 33.9 Å². The molecule has 0 unspecified atom stereocenters. The van der Waals surface area contributed by atoms with E-state index in [-0.39, 0.29) is 37.1 Å². The molecule has 1 aliphatic heterocycles. The fraction of sp³-hybridized carbons (Fsp3) is 0.571. The number of aromatic nitrogens is 1. The minimum absolute atomic E-state index is 0.0205. The summed E-state index contributed by atoms with van der Waals surface area (Å²) in [6.45, 7) is 11.1. The monoisotopic (exact) mass is 713 g/mol. The minimum atomic E-state index is -3.89. The Labute approximate surface area is 292 Å². The third-order valence-corrected chi connectivity index (χ3v) is 11.2. The molecular formula is C35H47N5O9S. The van der Waals surface area contributed by atoms with E-state index in [0.29, 0.717) is 29.9 Å². The lowest BCUT2D eigenvalue weighted by Gasteiger charge is -2.32. The van der Waals surface area contributed by atoms with E-state index in [9.17, 15) is 27.6 Å². The first-order valence-corrected chi connectivity index (χ1v) is 18.3. The van der Waals surface area contributed by atoms with Crippen molar-refractivity contribution in [2.24, 2.45) is 11.3 Å². The van der Waals surface area contributed by atoms with Crippen LogP contribution in [0.4, 0.5) is 0 Å². The van der Waals surface area contributed by atoms with Crippen LogP contribution >= 0.6 is 0 Å². The molecule has 3 fully saturated rings. The summed E-state index contributed by atoms with van der Waals surface area (Å²) in [7, 11) is -0.907. The number of nitrogens with one attached hydrogen (secondary N) is 3. The van der Waals surface area contributed by atoms with E-state index in [2.05, 4.69) is 26.9 Å². The molecule has 1 aromatic carbocycles. The zero-order valence-electron chi connectivity index (χ0n) is 29.4. The molecule has 3 aliphatic rings. The molecule has 1 saturated heterocycles. The number of rotatable bonds is 14. The molecule has 272 valence electrons. The zero-order chi connectivity index (χ0) is 36.6. The number of nitrogens with zero attached hydrogens (tertiary/aromatic N) is 2. The Kier molecular flexibility index (Phi) is 10.5. The van der Waals surface area contributed by atoms with Gasteiger partial charge in [-0.3, -0.25) is 23.9 Å². The maximum Gasteiger partial charge on any atom is 0.259 e. The summed E-state index contributed by atoms with van der Waals surface area (Å²) >= 11 is 0. The molecule has 2 aromatic rings. The first-order valence-electron chi connectivity index (χ1n) is 16.7. The summed E-state index contributed by atoms with van der Waals surface area (Å²) < 4.78 is 44.6. The predicted molar refractivity (Wildman–Crippen MR) is 185 cm³/mol. The summed E-state index contributed by atoms with van der Waals surface area (Å²) in [5.41, 5.74) is -1.91. The number of carbonyl (C=O) groups is 4. The van der Waals surface area contributed by atoms with Gasteiger partial charge in [-0.15, -0.1) is 6.58 Å². The van der Waals surface area contributed by atoms with Gasteiger partial charge in [-0.05, 0) is 61.3 Å². The number of pyridine rings is 1. The molecular weight excluding hydrogens is 666 g/mol. The number of hydrogen-bond acceptors (Lipinski definition) is 10. The summed E-state index contributed by atoms with van der Waals surface area (Å²) in [6, 6.07) is 4.93. The number of carbonyl (C=O) groups excluding carboxylic acids is 4. The molecule has 0 bridgehead atoms. The number of likely N-dealkylation sites (tertiary alicyclic amines) is 1. The molecule has 14 nitrogen and oxygen atoms in total. The Hall–Kier alpha value is -4.24. The largest absolute Gasteiger partial charge is 0.497 e. The number of benzene rings is 1. The van der Waals surface area contributed by atoms with Gasteiger partial charge in [-0.2, -0.15) is 0 Å². The van der Waals surface area contributed by atoms with Crippen molar-refractivity contribution < 1.29 is 41.8 Å². The molecule has 2 heterocycles. The molecule has 50 heavy (non-hydrogen) atoms. The maximum absolute atomic E-state index is 14.3. The van der Waals surface area contributed by atoms with Gasteiger partial charge in [0.15, 0.2) is 0 Å². The molecule has 0 radical (unpaired) electrons. The van der Waals surface area contributed by atoms with Crippen molar-refractivity contribution in [2.75, 3.05) is 20.8 Å². The highest BCUT2D eigenvalue weighted by Crippen LogP contribution is 2.45. The van der Waals surface area contributed by atoms with Crippen molar-refractivity contribution in [3.63, 3.8) is 0 Å². The average Bonchev–Trinajstić information content (AvgIpc) is 3.98. The van der Waals surface area contributed by atoms with Crippen LogP contribution < -0.4 is 24.8 Å². The van der Waals surface area contributed by atoms with E-state index in [1.165, 1.54) is 18.1 Å². The summed E-state index contributed by atoms with van der Waals surface area (Å²) in [4.78, 5) is 60.7. The number of hydrogen-bond donors (Lipinski definition) is 3. The van der Waals surface area contributed by atoms with Crippen LogP contribution in [0, 0.1) is 11.3 Å². The highest BCUT2D eigenvalue weighted by molar-refractivity contribution is 7.91. The van der Waals surface area contributed by atoms with Crippen LogP contribution in [0.1, 0.15) is 59.8 Å². The number of amides is 4. The summed E-state index contributed by atoms with van der Waals surface area (Å²) in [5, 5.41) is 6.44. The fourth-order valence-corrected chi connectivity index (χ4v) is 7.67. The highest BCUT2D eigenvalue weighted by atomic mass is 32.2.